The van der Waals surface area contributed by atoms with Crippen LogP contribution in [0.5, 0.6) is 0 Å². The van der Waals surface area contributed by atoms with Crippen LogP contribution in [0.3, 0.4) is 0 Å². The van der Waals surface area contributed by atoms with Gasteiger partial charge in [-0.25, -0.2) is 0 Å². The Morgan fingerprint density at radius 3 is 2.10 bits per heavy atom. The minimum absolute atomic E-state index is 0.945. The van der Waals surface area contributed by atoms with Crippen molar-refractivity contribution in [2.45, 2.75) is 13.3 Å². The first kappa shape index (κ1) is 12.2. The van der Waals surface area contributed by atoms with Crippen LogP contribution in [0.25, 0.3) is 0 Å². The van der Waals surface area contributed by atoms with Gasteiger partial charge in [-0.1, -0.05) is 47.2 Å². The predicted molar refractivity (Wildman–Crippen MR) is 52.3 cm³/mol. The van der Waals surface area contributed by atoms with Crippen LogP contribution in [-0.2, 0) is 0 Å². The molecule has 10 heavy (non-hydrogen) atoms. The molecule has 0 atom stereocenters. The molecule has 0 rings (SSSR count). The zero-order valence-electron chi connectivity index (χ0n) is 6.26. The van der Waals surface area contributed by atoms with Gasteiger partial charge in [0, 0.05) is 5.33 Å². The maximum absolute atomic E-state index is 4.00. The fraction of sp³-hybridized carbons (Fsp3) is 0.333. The molecule has 0 aliphatic rings. The van der Waals surface area contributed by atoms with E-state index in [9.17, 15) is 0 Å². The summed E-state index contributed by atoms with van der Waals surface area (Å²) in [7, 11) is 0. The van der Waals surface area contributed by atoms with Gasteiger partial charge in [-0.3, -0.25) is 0 Å². The van der Waals surface area contributed by atoms with E-state index in [-0.39, 0.29) is 0 Å². The Morgan fingerprint density at radius 1 is 1.20 bits per heavy atom. The van der Waals surface area contributed by atoms with Gasteiger partial charge in [0.1, 0.15) is 0 Å². The molecule has 0 aliphatic carbocycles. The minimum atomic E-state index is 0.945. The molecule has 0 heterocycles. The molecule has 56 valence electrons. The first-order valence-electron chi connectivity index (χ1n) is 3.12. The number of hydrogen-bond acceptors (Lipinski definition) is 0. The van der Waals surface area contributed by atoms with Gasteiger partial charge < -0.3 is 0 Å². The summed E-state index contributed by atoms with van der Waals surface area (Å²) in [5.41, 5.74) is 0. The normalized spacial score (nSPS) is 9.60. The Bertz CT molecular complexity index is 97.1. The zero-order chi connectivity index (χ0) is 8.24. The Morgan fingerprint density at radius 2 is 1.70 bits per heavy atom. The van der Waals surface area contributed by atoms with Gasteiger partial charge >= 0.3 is 0 Å². The summed E-state index contributed by atoms with van der Waals surface area (Å²) in [4.78, 5) is 0. The standard InChI is InChI=1S/C7H11Br.C2H2/c1-2-3-4-5-6-7-8;1-2/h3-6H,2,7H2,1H3;1-2H/b4-3-,6-5-;. The minimum Gasteiger partial charge on any atom is -0.124 e. The van der Waals surface area contributed by atoms with Gasteiger partial charge in [0.25, 0.3) is 0 Å². The van der Waals surface area contributed by atoms with Crippen LogP contribution in [0, 0.1) is 12.8 Å². The van der Waals surface area contributed by atoms with Crippen molar-refractivity contribution >= 4 is 15.9 Å². The van der Waals surface area contributed by atoms with Gasteiger partial charge in [-0.15, -0.1) is 12.8 Å². The fourth-order valence-electron chi connectivity index (χ4n) is 0.345. The molecular weight excluding hydrogens is 188 g/mol. The van der Waals surface area contributed by atoms with Crippen molar-refractivity contribution in [1.82, 2.24) is 0 Å². The van der Waals surface area contributed by atoms with Crippen LogP contribution in [-0.4, -0.2) is 5.33 Å². The highest BCUT2D eigenvalue weighted by Crippen LogP contribution is 1.84. The molecule has 0 saturated heterocycles. The van der Waals surface area contributed by atoms with Gasteiger partial charge in [-0.2, -0.15) is 0 Å². The third-order valence-electron chi connectivity index (χ3n) is 0.708. The second-order valence-corrected chi connectivity index (χ2v) is 2.07. The monoisotopic (exact) mass is 200 g/mol. The molecule has 0 spiro atoms. The Labute approximate surface area is 72.2 Å². The van der Waals surface area contributed by atoms with Crippen LogP contribution in [0.2, 0.25) is 0 Å². The lowest BCUT2D eigenvalue weighted by molar-refractivity contribution is 1.22. The average Bonchev–Trinajstić information content (AvgIpc) is 2.02. The number of rotatable bonds is 3. The summed E-state index contributed by atoms with van der Waals surface area (Å²) < 4.78 is 0. The third-order valence-corrected chi connectivity index (χ3v) is 1.08. The molecule has 0 amide bonds. The van der Waals surface area contributed by atoms with E-state index in [1.54, 1.807) is 0 Å². The van der Waals surface area contributed by atoms with E-state index in [1.807, 2.05) is 6.08 Å². The van der Waals surface area contributed by atoms with Crippen molar-refractivity contribution in [3.8, 4) is 12.8 Å². The van der Waals surface area contributed by atoms with Crippen molar-refractivity contribution < 1.29 is 0 Å². The molecule has 0 aliphatic heterocycles. The maximum atomic E-state index is 4.00. The summed E-state index contributed by atoms with van der Waals surface area (Å²) in [5, 5.41) is 0.945. The first-order chi connectivity index (χ1) is 4.91. The second-order valence-electron chi connectivity index (χ2n) is 1.42. The van der Waals surface area contributed by atoms with Crippen molar-refractivity contribution in [1.29, 1.82) is 0 Å². The van der Waals surface area contributed by atoms with Crippen LogP contribution < -0.4 is 0 Å². The highest BCUT2D eigenvalue weighted by atomic mass is 79.9. The van der Waals surface area contributed by atoms with Crippen LogP contribution >= 0.6 is 15.9 Å². The molecule has 0 aromatic heterocycles. The average molecular weight is 201 g/mol. The molecule has 0 bridgehead atoms. The smallest absolute Gasteiger partial charge is 0.0215 e. The third kappa shape index (κ3) is 15.6. The Kier molecular flexibility index (Phi) is 19.3. The quantitative estimate of drug-likeness (QED) is 0.373. The van der Waals surface area contributed by atoms with E-state index in [1.165, 1.54) is 0 Å². The molecule has 1 heteroatoms. The van der Waals surface area contributed by atoms with E-state index < -0.39 is 0 Å². The first-order valence-corrected chi connectivity index (χ1v) is 4.25. The lowest BCUT2D eigenvalue weighted by atomic mass is 10.4. The zero-order valence-corrected chi connectivity index (χ0v) is 7.84. The van der Waals surface area contributed by atoms with Gasteiger partial charge in [0.2, 0.25) is 0 Å². The van der Waals surface area contributed by atoms with Crippen molar-refractivity contribution in [3.63, 3.8) is 0 Å². The molecule has 0 aromatic carbocycles. The van der Waals surface area contributed by atoms with Crippen LogP contribution in [0.1, 0.15) is 13.3 Å². The van der Waals surface area contributed by atoms with Crippen molar-refractivity contribution in [3.05, 3.63) is 24.3 Å². The van der Waals surface area contributed by atoms with E-state index in [0.29, 0.717) is 0 Å². The number of alkyl halides is 1. The Balaban J connectivity index is 0. The molecule has 0 nitrogen and oxygen atoms in total. The number of terminal acetylenes is 1. The lowest BCUT2D eigenvalue weighted by Gasteiger charge is -1.73. The van der Waals surface area contributed by atoms with E-state index in [2.05, 4.69) is 53.9 Å². The summed E-state index contributed by atoms with van der Waals surface area (Å²) >= 11 is 3.28. The van der Waals surface area contributed by atoms with Crippen molar-refractivity contribution in [2.75, 3.05) is 5.33 Å². The van der Waals surface area contributed by atoms with E-state index >= 15 is 0 Å². The summed E-state index contributed by atoms with van der Waals surface area (Å²) in [6, 6.07) is 0. The number of halogens is 1. The highest BCUT2D eigenvalue weighted by molar-refractivity contribution is 9.09. The summed E-state index contributed by atoms with van der Waals surface area (Å²) in [5.74, 6) is 0. The van der Waals surface area contributed by atoms with Gasteiger partial charge in [0.15, 0.2) is 0 Å². The SMILES string of the molecule is C#C.CC/C=C\C=C/CBr. The predicted octanol–water partition coefficient (Wildman–Crippen LogP) is 3.15. The second kappa shape index (κ2) is 15.8. The molecular formula is C9H13Br. The van der Waals surface area contributed by atoms with E-state index in [0.717, 1.165) is 11.8 Å². The molecule has 0 unspecified atom stereocenters. The largest absolute Gasteiger partial charge is 0.124 e. The fourth-order valence-corrected chi connectivity index (χ4v) is 0.560. The van der Waals surface area contributed by atoms with Gasteiger partial charge in [-0.05, 0) is 6.42 Å². The molecule has 0 aromatic rings. The summed E-state index contributed by atoms with van der Waals surface area (Å²) in [6.07, 6.45) is 17.4. The highest BCUT2D eigenvalue weighted by Gasteiger charge is 1.62. The molecule has 0 fully saturated rings. The molecule has 0 saturated carbocycles. The van der Waals surface area contributed by atoms with Crippen LogP contribution in [0.4, 0.5) is 0 Å². The maximum Gasteiger partial charge on any atom is 0.0215 e. The number of allylic oxidation sites excluding steroid dienone is 4. The lowest BCUT2D eigenvalue weighted by Crippen LogP contribution is -1.55. The Hall–Kier alpha value is -0.480. The number of hydrogen-bond donors (Lipinski definition) is 0. The van der Waals surface area contributed by atoms with E-state index in [4.69, 9.17) is 0 Å². The summed E-state index contributed by atoms with van der Waals surface area (Å²) in [6.45, 7) is 2.12. The van der Waals surface area contributed by atoms with Crippen LogP contribution in [0.15, 0.2) is 24.3 Å². The van der Waals surface area contributed by atoms with Gasteiger partial charge in [0.05, 0.1) is 0 Å². The van der Waals surface area contributed by atoms with Crippen molar-refractivity contribution in [2.24, 2.45) is 0 Å². The topological polar surface area (TPSA) is 0 Å². The molecule has 0 radical (unpaired) electrons. The molecule has 0 N–H and O–H groups in total.